The zero-order chi connectivity index (χ0) is 19.8. The Hall–Kier alpha value is -2.83. The van der Waals surface area contributed by atoms with E-state index in [4.69, 9.17) is 4.74 Å². The van der Waals surface area contributed by atoms with Crippen LogP contribution in [0.1, 0.15) is 41.5 Å². The molecule has 7 nitrogen and oxygen atoms in total. The Kier molecular flexibility index (Phi) is 4.83. The summed E-state index contributed by atoms with van der Waals surface area (Å²) in [4.78, 5) is 29.6. The summed E-state index contributed by atoms with van der Waals surface area (Å²) in [5.74, 6) is 0.526. The minimum absolute atomic E-state index is 0.0698. The van der Waals surface area contributed by atoms with Gasteiger partial charge in [-0.05, 0) is 44.7 Å². The molecule has 0 N–H and O–H groups in total. The average molecular weight is 382 g/mol. The van der Waals surface area contributed by atoms with E-state index in [-0.39, 0.29) is 24.4 Å². The first-order chi connectivity index (χ1) is 13.5. The molecule has 2 aliphatic rings. The van der Waals surface area contributed by atoms with Crippen LogP contribution in [0.5, 0.6) is 5.75 Å². The van der Waals surface area contributed by atoms with Gasteiger partial charge < -0.3 is 14.5 Å². The number of aromatic nitrogens is 2. The number of anilines is 1. The van der Waals surface area contributed by atoms with Gasteiger partial charge in [0.05, 0.1) is 18.8 Å². The van der Waals surface area contributed by atoms with Crippen molar-refractivity contribution in [2.45, 2.75) is 38.6 Å². The fourth-order valence-corrected chi connectivity index (χ4v) is 4.36. The Morgan fingerprint density at radius 3 is 2.79 bits per heavy atom. The van der Waals surface area contributed by atoms with Gasteiger partial charge in [0.2, 0.25) is 5.91 Å². The van der Waals surface area contributed by atoms with Gasteiger partial charge in [-0.15, -0.1) is 0 Å². The quantitative estimate of drug-likeness (QED) is 0.816. The van der Waals surface area contributed by atoms with E-state index in [1.165, 1.54) is 0 Å². The number of benzene rings is 1. The summed E-state index contributed by atoms with van der Waals surface area (Å²) in [6.45, 7) is 2.53. The van der Waals surface area contributed by atoms with E-state index in [0.717, 1.165) is 42.6 Å². The van der Waals surface area contributed by atoms with Crippen molar-refractivity contribution in [3.8, 4) is 5.75 Å². The van der Waals surface area contributed by atoms with Gasteiger partial charge in [-0.25, -0.2) is 0 Å². The van der Waals surface area contributed by atoms with Crippen molar-refractivity contribution >= 4 is 17.5 Å². The van der Waals surface area contributed by atoms with Crippen LogP contribution in [0, 0.1) is 0 Å². The number of aryl methyl sites for hydroxylation is 2. The second kappa shape index (κ2) is 7.30. The van der Waals surface area contributed by atoms with Gasteiger partial charge in [-0.3, -0.25) is 14.3 Å². The number of carbonyl (C=O) groups excluding carboxylic acids is 2. The Morgan fingerprint density at radius 1 is 1.25 bits per heavy atom. The minimum atomic E-state index is -0.124. The Labute approximate surface area is 164 Å². The molecule has 1 aromatic carbocycles. The molecule has 1 saturated heterocycles. The molecule has 1 aromatic heterocycles. The number of rotatable bonds is 3. The van der Waals surface area contributed by atoms with Crippen LogP contribution in [-0.2, 0) is 24.7 Å². The van der Waals surface area contributed by atoms with Crippen LogP contribution in [0.3, 0.4) is 0 Å². The van der Waals surface area contributed by atoms with Crippen LogP contribution in [0.15, 0.2) is 24.3 Å². The molecule has 2 aromatic rings. The SMILES string of the molecule is COc1cccc(N2C(=O)CN(C(=O)c3c4c(nn3C)CCCC4)CC2C)c1. The maximum Gasteiger partial charge on any atom is 0.272 e. The molecule has 0 saturated carbocycles. The van der Waals surface area contributed by atoms with Crippen LogP contribution in [0.2, 0.25) is 0 Å². The molecule has 0 bridgehead atoms. The molecule has 148 valence electrons. The summed E-state index contributed by atoms with van der Waals surface area (Å²) in [7, 11) is 3.43. The number of methoxy groups -OCH3 is 1. The van der Waals surface area contributed by atoms with Crippen LogP contribution < -0.4 is 9.64 Å². The monoisotopic (exact) mass is 382 g/mol. The molecule has 2 heterocycles. The lowest BCUT2D eigenvalue weighted by molar-refractivity contribution is -0.121. The van der Waals surface area contributed by atoms with Gasteiger partial charge >= 0.3 is 0 Å². The lowest BCUT2D eigenvalue weighted by atomic mass is 9.95. The van der Waals surface area contributed by atoms with Gasteiger partial charge in [0.25, 0.3) is 5.91 Å². The van der Waals surface area contributed by atoms with Gasteiger partial charge in [0.1, 0.15) is 18.0 Å². The summed E-state index contributed by atoms with van der Waals surface area (Å²) in [5.41, 5.74) is 3.53. The van der Waals surface area contributed by atoms with Crippen LogP contribution in [-0.4, -0.2) is 52.7 Å². The van der Waals surface area contributed by atoms with Crippen molar-refractivity contribution in [2.24, 2.45) is 7.05 Å². The number of nitrogens with zero attached hydrogens (tertiary/aromatic N) is 4. The maximum atomic E-state index is 13.3. The molecule has 2 amide bonds. The molecule has 1 aliphatic carbocycles. The predicted molar refractivity (Wildman–Crippen MR) is 106 cm³/mol. The molecule has 28 heavy (non-hydrogen) atoms. The van der Waals surface area contributed by atoms with E-state index < -0.39 is 0 Å². The van der Waals surface area contributed by atoms with E-state index in [2.05, 4.69) is 5.10 Å². The highest BCUT2D eigenvalue weighted by atomic mass is 16.5. The molecule has 4 rings (SSSR count). The fourth-order valence-electron chi connectivity index (χ4n) is 4.36. The summed E-state index contributed by atoms with van der Waals surface area (Å²) >= 11 is 0. The maximum absolute atomic E-state index is 13.3. The smallest absolute Gasteiger partial charge is 0.272 e. The Balaban J connectivity index is 1.57. The number of ether oxygens (including phenoxy) is 1. The van der Waals surface area contributed by atoms with Crippen molar-refractivity contribution in [3.05, 3.63) is 41.2 Å². The third kappa shape index (κ3) is 3.15. The largest absolute Gasteiger partial charge is 0.497 e. The molecular formula is C21H26N4O3. The molecule has 0 spiro atoms. The highest BCUT2D eigenvalue weighted by molar-refractivity contribution is 6.02. The summed E-state index contributed by atoms with van der Waals surface area (Å²) < 4.78 is 6.97. The van der Waals surface area contributed by atoms with Crippen molar-refractivity contribution in [1.29, 1.82) is 0 Å². The van der Waals surface area contributed by atoms with Crippen LogP contribution in [0.25, 0.3) is 0 Å². The topological polar surface area (TPSA) is 67.7 Å². The first kappa shape index (κ1) is 18.5. The predicted octanol–water partition coefficient (Wildman–Crippen LogP) is 2.18. The summed E-state index contributed by atoms with van der Waals surface area (Å²) in [5, 5.41) is 4.55. The van der Waals surface area contributed by atoms with Crippen LogP contribution in [0.4, 0.5) is 5.69 Å². The molecule has 7 heteroatoms. The average Bonchev–Trinajstić information content (AvgIpc) is 3.02. The number of hydrogen-bond acceptors (Lipinski definition) is 4. The fraction of sp³-hybridized carbons (Fsp3) is 0.476. The lowest BCUT2D eigenvalue weighted by Crippen LogP contribution is -2.57. The van der Waals surface area contributed by atoms with E-state index in [9.17, 15) is 9.59 Å². The number of amides is 2. The second-order valence-electron chi connectivity index (χ2n) is 7.60. The van der Waals surface area contributed by atoms with Crippen molar-refractivity contribution < 1.29 is 14.3 Å². The van der Waals surface area contributed by atoms with Crippen molar-refractivity contribution in [1.82, 2.24) is 14.7 Å². The van der Waals surface area contributed by atoms with E-state index in [1.807, 2.05) is 38.2 Å². The molecule has 1 unspecified atom stereocenters. The lowest BCUT2D eigenvalue weighted by Gasteiger charge is -2.39. The number of hydrogen-bond donors (Lipinski definition) is 0. The summed E-state index contributed by atoms with van der Waals surface area (Å²) in [6, 6.07) is 7.34. The second-order valence-corrected chi connectivity index (χ2v) is 7.60. The highest BCUT2D eigenvalue weighted by Crippen LogP contribution is 2.28. The number of fused-ring (bicyclic) bond motifs is 1. The van der Waals surface area contributed by atoms with Gasteiger partial charge in [0.15, 0.2) is 0 Å². The van der Waals surface area contributed by atoms with Gasteiger partial charge in [-0.1, -0.05) is 6.07 Å². The first-order valence-corrected chi connectivity index (χ1v) is 9.79. The zero-order valence-electron chi connectivity index (χ0n) is 16.6. The molecule has 1 aliphatic heterocycles. The Bertz CT molecular complexity index is 920. The minimum Gasteiger partial charge on any atom is -0.497 e. The van der Waals surface area contributed by atoms with E-state index >= 15 is 0 Å². The van der Waals surface area contributed by atoms with Crippen molar-refractivity contribution in [3.63, 3.8) is 0 Å². The van der Waals surface area contributed by atoms with Gasteiger partial charge in [0, 0.05) is 30.9 Å². The molecular weight excluding hydrogens is 356 g/mol. The number of piperazine rings is 1. The van der Waals surface area contributed by atoms with Gasteiger partial charge in [-0.2, -0.15) is 5.10 Å². The highest BCUT2D eigenvalue weighted by Gasteiger charge is 2.36. The molecule has 0 radical (unpaired) electrons. The first-order valence-electron chi connectivity index (χ1n) is 9.79. The normalized spacial score (nSPS) is 19.5. The molecule has 1 fully saturated rings. The zero-order valence-corrected chi connectivity index (χ0v) is 16.6. The van der Waals surface area contributed by atoms with E-state index in [0.29, 0.717) is 18.0 Å². The number of carbonyl (C=O) groups is 2. The molecule has 1 atom stereocenters. The summed E-state index contributed by atoms with van der Waals surface area (Å²) in [6.07, 6.45) is 4.01. The van der Waals surface area contributed by atoms with Crippen LogP contribution >= 0.6 is 0 Å². The van der Waals surface area contributed by atoms with E-state index in [1.54, 1.807) is 21.6 Å². The third-order valence-corrected chi connectivity index (χ3v) is 5.66. The Morgan fingerprint density at radius 2 is 2.04 bits per heavy atom. The standard InChI is InChI=1S/C21H26N4O3/c1-14-12-24(13-19(26)25(14)15-7-6-8-16(11-15)28-3)21(27)20-17-9-4-5-10-18(17)22-23(20)2/h6-8,11,14H,4-5,9-10,12-13H2,1-3H3. The third-order valence-electron chi connectivity index (χ3n) is 5.66. The van der Waals surface area contributed by atoms with Crippen molar-refractivity contribution in [2.75, 3.05) is 25.1 Å².